The number of benzene rings is 1. The number of hydrogen-bond acceptors (Lipinski definition) is 4. The van der Waals surface area contributed by atoms with Crippen molar-refractivity contribution in [1.82, 2.24) is 4.98 Å². The summed E-state index contributed by atoms with van der Waals surface area (Å²) in [6.07, 6.45) is 1.53. The fourth-order valence-electron chi connectivity index (χ4n) is 2.31. The third kappa shape index (κ3) is 2.26. The van der Waals surface area contributed by atoms with Crippen molar-refractivity contribution in [3.63, 3.8) is 0 Å². The zero-order chi connectivity index (χ0) is 15.0. The van der Waals surface area contributed by atoms with Crippen molar-refractivity contribution in [3.8, 4) is 17.4 Å². The molecule has 0 bridgehead atoms. The van der Waals surface area contributed by atoms with E-state index in [0.717, 1.165) is 11.6 Å². The minimum atomic E-state index is -0.981. The molecule has 1 N–H and O–H groups in total. The number of aliphatic hydroxyl groups is 1. The van der Waals surface area contributed by atoms with Crippen LogP contribution in [0.5, 0.6) is 0 Å². The molecule has 1 unspecified atom stereocenters. The third-order valence-electron chi connectivity index (χ3n) is 3.27. The molecular formula is C16H11FN2O2. The molecule has 4 nitrogen and oxygen atoms in total. The van der Waals surface area contributed by atoms with Crippen molar-refractivity contribution in [2.75, 3.05) is 0 Å². The second-order valence-electron chi connectivity index (χ2n) is 4.73. The molecule has 3 rings (SSSR count). The summed E-state index contributed by atoms with van der Waals surface area (Å²) in [7, 11) is 0. The largest absolute Gasteiger partial charge is 0.456 e. The monoisotopic (exact) mass is 282 g/mol. The average molecular weight is 282 g/mol. The van der Waals surface area contributed by atoms with E-state index in [1.807, 2.05) is 0 Å². The topological polar surface area (TPSA) is 70.1 Å². The Morgan fingerprint density at radius 3 is 2.86 bits per heavy atom. The first-order valence-electron chi connectivity index (χ1n) is 6.35. The van der Waals surface area contributed by atoms with Crippen molar-refractivity contribution >= 4 is 11.0 Å². The highest BCUT2D eigenvalue weighted by Gasteiger charge is 2.18. The molecule has 0 saturated carbocycles. The SMILES string of the molecule is CC(O)c1c(F)cncc1-c1cc2cc(C#N)ccc2o1. The van der Waals surface area contributed by atoms with Gasteiger partial charge in [-0.15, -0.1) is 0 Å². The fourth-order valence-corrected chi connectivity index (χ4v) is 2.31. The lowest BCUT2D eigenvalue weighted by Gasteiger charge is -2.10. The minimum absolute atomic E-state index is 0.143. The van der Waals surface area contributed by atoms with E-state index < -0.39 is 11.9 Å². The van der Waals surface area contributed by atoms with E-state index in [4.69, 9.17) is 9.68 Å². The third-order valence-corrected chi connectivity index (χ3v) is 3.27. The van der Waals surface area contributed by atoms with Gasteiger partial charge >= 0.3 is 0 Å². The molecule has 2 aromatic heterocycles. The molecule has 0 amide bonds. The minimum Gasteiger partial charge on any atom is -0.456 e. The van der Waals surface area contributed by atoms with E-state index in [0.29, 0.717) is 22.5 Å². The van der Waals surface area contributed by atoms with Crippen molar-refractivity contribution in [1.29, 1.82) is 5.26 Å². The van der Waals surface area contributed by atoms with E-state index in [1.165, 1.54) is 13.1 Å². The highest BCUT2D eigenvalue weighted by Crippen LogP contribution is 2.33. The molecule has 1 aromatic carbocycles. The smallest absolute Gasteiger partial charge is 0.148 e. The van der Waals surface area contributed by atoms with Gasteiger partial charge in [-0.25, -0.2) is 4.39 Å². The summed E-state index contributed by atoms with van der Waals surface area (Å²) >= 11 is 0. The first-order valence-corrected chi connectivity index (χ1v) is 6.35. The Bertz CT molecular complexity index is 862. The standard InChI is InChI=1S/C16H11FN2O2/c1-9(20)16-12(7-19-8-13(16)17)15-5-11-4-10(6-18)2-3-14(11)21-15/h2-5,7-9,20H,1H3. The number of aromatic nitrogens is 1. The van der Waals surface area contributed by atoms with E-state index >= 15 is 0 Å². The van der Waals surface area contributed by atoms with Crippen LogP contribution in [0.2, 0.25) is 0 Å². The zero-order valence-electron chi connectivity index (χ0n) is 11.2. The summed E-state index contributed by atoms with van der Waals surface area (Å²) in [5.41, 5.74) is 1.65. The van der Waals surface area contributed by atoms with Gasteiger partial charge in [-0.05, 0) is 31.2 Å². The van der Waals surface area contributed by atoms with Gasteiger partial charge < -0.3 is 9.52 Å². The van der Waals surface area contributed by atoms with Gasteiger partial charge in [0.15, 0.2) is 0 Å². The van der Waals surface area contributed by atoms with E-state index in [1.54, 1.807) is 24.3 Å². The number of rotatable bonds is 2. The van der Waals surface area contributed by atoms with Gasteiger partial charge in [0.25, 0.3) is 0 Å². The van der Waals surface area contributed by atoms with Gasteiger partial charge in [0.1, 0.15) is 17.2 Å². The van der Waals surface area contributed by atoms with Crippen molar-refractivity contribution < 1.29 is 13.9 Å². The van der Waals surface area contributed by atoms with Crippen LogP contribution in [0.3, 0.4) is 0 Å². The normalized spacial score (nSPS) is 12.3. The molecule has 104 valence electrons. The summed E-state index contributed by atoms with van der Waals surface area (Å²) < 4.78 is 19.5. The average Bonchev–Trinajstić information content (AvgIpc) is 2.89. The molecule has 5 heteroatoms. The molecule has 21 heavy (non-hydrogen) atoms. The highest BCUT2D eigenvalue weighted by atomic mass is 19.1. The van der Waals surface area contributed by atoms with Crippen LogP contribution < -0.4 is 0 Å². The van der Waals surface area contributed by atoms with Crippen LogP contribution in [0.15, 0.2) is 41.1 Å². The first kappa shape index (κ1) is 13.3. The molecule has 0 fully saturated rings. The molecule has 0 aliphatic heterocycles. The molecule has 0 saturated heterocycles. The van der Waals surface area contributed by atoms with Crippen LogP contribution >= 0.6 is 0 Å². The second kappa shape index (κ2) is 5.00. The lowest BCUT2D eigenvalue weighted by atomic mass is 10.0. The number of fused-ring (bicyclic) bond motifs is 1. The van der Waals surface area contributed by atoms with Gasteiger partial charge in [0.05, 0.1) is 23.9 Å². The van der Waals surface area contributed by atoms with Gasteiger partial charge in [0.2, 0.25) is 0 Å². The van der Waals surface area contributed by atoms with Crippen molar-refractivity contribution in [2.45, 2.75) is 13.0 Å². The number of pyridine rings is 1. The number of furan rings is 1. The quantitative estimate of drug-likeness (QED) is 0.780. The Morgan fingerprint density at radius 1 is 1.33 bits per heavy atom. The lowest BCUT2D eigenvalue weighted by Crippen LogP contribution is -2.00. The molecular weight excluding hydrogens is 271 g/mol. The van der Waals surface area contributed by atoms with Gasteiger partial charge in [0, 0.05) is 22.7 Å². The molecule has 2 heterocycles. The fraction of sp³-hybridized carbons (Fsp3) is 0.125. The molecule has 0 spiro atoms. The van der Waals surface area contributed by atoms with Crippen LogP contribution in [-0.4, -0.2) is 10.1 Å². The maximum Gasteiger partial charge on any atom is 0.148 e. The molecule has 0 radical (unpaired) electrons. The summed E-state index contributed by atoms with van der Waals surface area (Å²) in [6.45, 7) is 1.48. The second-order valence-corrected chi connectivity index (χ2v) is 4.73. The predicted molar refractivity (Wildman–Crippen MR) is 74.8 cm³/mol. The summed E-state index contributed by atoms with van der Waals surface area (Å²) in [6, 6.07) is 8.79. The summed E-state index contributed by atoms with van der Waals surface area (Å²) in [5, 5.41) is 19.4. The summed E-state index contributed by atoms with van der Waals surface area (Å²) in [5.74, 6) is -0.177. The van der Waals surface area contributed by atoms with Crippen LogP contribution in [0.4, 0.5) is 4.39 Å². The Kier molecular flexibility index (Phi) is 3.16. The van der Waals surface area contributed by atoms with Crippen LogP contribution in [0.1, 0.15) is 24.2 Å². The molecule has 1 atom stereocenters. The van der Waals surface area contributed by atoms with E-state index in [2.05, 4.69) is 11.1 Å². The van der Waals surface area contributed by atoms with E-state index in [-0.39, 0.29) is 5.56 Å². The maximum atomic E-state index is 13.9. The highest BCUT2D eigenvalue weighted by molar-refractivity contribution is 5.84. The predicted octanol–water partition coefficient (Wildman–Crippen LogP) is 3.56. The number of halogens is 1. The van der Waals surface area contributed by atoms with Gasteiger partial charge in [-0.3, -0.25) is 4.98 Å². The lowest BCUT2D eigenvalue weighted by molar-refractivity contribution is 0.194. The van der Waals surface area contributed by atoms with Gasteiger partial charge in [-0.1, -0.05) is 0 Å². The Labute approximate surface area is 120 Å². The number of nitriles is 1. The zero-order valence-corrected chi connectivity index (χ0v) is 11.2. The van der Waals surface area contributed by atoms with Crippen LogP contribution in [0.25, 0.3) is 22.3 Å². The first-order chi connectivity index (χ1) is 10.1. The van der Waals surface area contributed by atoms with Crippen LogP contribution in [-0.2, 0) is 0 Å². The van der Waals surface area contributed by atoms with Gasteiger partial charge in [-0.2, -0.15) is 5.26 Å². The number of hydrogen-bond donors (Lipinski definition) is 1. The van der Waals surface area contributed by atoms with Crippen molar-refractivity contribution in [3.05, 3.63) is 53.6 Å². The Hall–Kier alpha value is -2.71. The van der Waals surface area contributed by atoms with Crippen molar-refractivity contribution in [2.24, 2.45) is 0 Å². The molecule has 0 aliphatic rings. The Morgan fingerprint density at radius 2 is 2.14 bits per heavy atom. The van der Waals surface area contributed by atoms with E-state index in [9.17, 15) is 9.50 Å². The molecule has 0 aliphatic carbocycles. The summed E-state index contributed by atoms with van der Waals surface area (Å²) in [4.78, 5) is 3.81. The van der Waals surface area contributed by atoms with Crippen LogP contribution in [0, 0.1) is 17.1 Å². The number of aliphatic hydroxyl groups excluding tert-OH is 1. The Balaban J connectivity index is 2.22. The maximum absolute atomic E-state index is 13.9. The number of nitrogens with zero attached hydrogens (tertiary/aromatic N) is 2. The molecule has 3 aromatic rings.